The fraction of sp³-hybridized carbons (Fsp3) is 0.385. The maximum atomic E-state index is 12.2. The highest BCUT2D eigenvalue weighted by Gasteiger charge is 2.30. The number of thioether (sulfide) groups is 1. The van der Waals surface area contributed by atoms with E-state index in [1.807, 2.05) is 24.3 Å². The molecule has 0 spiro atoms. The smallest absolute Gasteiger partial charge is 0.305 e. The zero-order valence-corrected chi connectivity index (χ0v) is 10.9. The van der Waals surface area contributed by atoms with E-state index in [1.54, 1.807) is 18.8 Å². The van der Waals surface area contributed by atoms with E-state index in [1.165, 1.54) is 4.90 Å². The highest BCUT2D eigenvalue weighted by Crippen LogP contribution is 2.39. The molecule has 0 saturated heterocycles. The molecular formula is C13H15NO3S. The summed E-state index contributed by atoms with van der Waals surface area (Å²) in [7, 11) is 1.66. The molecule has 5 heteroatoms. The molecule has 0 bridgehead atoms. The van der Waals surface area contributed by atoms with Crippen molar-refractivity contribution in [1.82, 2.24) is 4.90 Å². The van der Waals surface area contributed by atoms with E-state index in [9.17, 15) is 9.59 Å². The van der Waals surface area contributed by atoms with Crippen molar-refractivity contribution < 1.29 is 14.7 Å². The summed E-state index contributed by atoms with van der Waals surface area (Å²) in [6.45, 7) is 0.261. The molecular weight excluding hydrogens is 250 g/mol. The molecule has 2 rings (SSSR count). The van der Waals surface area contributed by atoms with E-state index in [0.717, 1.165) is 16.2 Å². The fourth-order valence-electron chi connectivity index (χ4n) is 2.01. The zero-order chi connectivity index (χ0) is 13.1. The van der Waals surface area contributed by atoms with Crippen molar-refractivity contribution in [2.24, 2.45) is 0 Å². The van der Waals surface area contributed by atoms with Gasteiger partial charge in [0.1, 0.15) is 0 Å². The summed E-state index contributed by atoms with van der Waals surface area (Å²) in [6, 6.07) is 7.89. The summed E-state index contributed by atoms with van der Waals surface area (Å²) in [5.41, 5.74) is 1.06. The van der Waals surface area contributed by atoms with Crippen LogP contribution >= 0.6 is 11.8 Å². The third kappa shape index (κ3) is 2.67. The second-order valence-corrected chi connectivity index (χ2v) is 5.37. The Kier molecular flexibility index (Phi) is 3.91. The Balaban J connectivity index is 2.05. The number of nitrogens with zero attached hydrogens (tertiary/aromatic N) is 1. The molecule has 4 nitrogen and oxygen atoms in total. The number of hydrogen-bond donors (Lipinski definition) is 1. The molecule has 1 aromatic rings. The topological polar surface area (TPSA) is 57.6 Å². The van der Waals surface area contributed by atoms with Crippen LogP contribution in [0.3, 0.4) is 0 Å². The number of carbonyl (C=O) groups is 2. The predicted octanol–water partition coefficient (Wildman–Crippen LogP) is 1.81. The lowest BCUT2D eigenvalue weighted by Crippen LogP contribution is -2.33. The molecule has 18 heavy (non-hydrogen) atoms. The van der Waals surface area contributed by atoms with Crippen LogP contribution in [-0.2, 0) is 9.59 Å². The van der Waals surface area contributed by atoms with Crippen molar-refractivity contribution in [3.05, 3.63) is 29.8 Å². The van der Waals surface area contributed by atoms with Gasteiger partial charge in [0.2, 0.25) is 5.91 Å². The number of fused-ring (bicyclic) bond motifs is 1. The number of rotatable bonds is 4. The second-order valence-electron chi connectivity index (χ2n) is 4.30. The van der Waals surface area contributed by atoms with E-state index in [4.69, 9.17) is 5.11 Å². The number of amides is 1. The Bertz CT molecular complexity index is 475. The van der Waals surface area contributed by atoms with E-state index in [0.29, 0.717) is 0 Å². The molecule has 1 heterocycles. The third-order valence-corrected chi connectivity index (χ3v) is 4.22. The summed E-state index contributed by atoms with van der Waals surface area (Å²) < 4.78 is 0. The van der Waals surface area contributed by atoms with Gasteiger partial charge in [-0.1, -0.05) is 18.2 Å². The Morgan fingerprint density at radius 1 is 1.44 bits per heavy atom. The predicted molar refractivity (Wildman–Crippen MR) is 69.8 cm³/mol. The van der Waals surface area contributed by atoms with Crippen LogP contribution in [0.4, 0.5) is 0 Å². The summed E-state index contributed by atoms with van der Waals surface area (Å²) in [5.74, 6) is -0.259. The highest BCUT2D eigenvalue weighted by atomic mass is 32.2. The number of hydrogen-bond acceptors (Lipinski definition) is 3. The first-order valence-corrected chi connectivity index (χ1v) is 6.76. The van der Waals surface area contributed by atoms with Crippen LogP contribution < -0.4 is 0 Å². The monoisotopic (exact) mass is 265 g/mol. The van der Waals surface area contributed by atoms with Crippen LogP contribution in [0.15, 0.2) is 29.2 Å². The quantitative estimate of drug-likeness (QED) is 0.902. The van der Waals surface area contributed by atoms with E-state index < -0.39 is 5.97 Å². The lowest BCUT2D eigenvalue weighted by Gasteiger charge is -2.20. The van der Waals surface area contributed by atoms with Crippen molar-refractivity contribution in [3.63, 3.8) is 0 Å². The van der Waals surface area contributed by atoms with E-state index >= 15 is 0 Å². The second kappa shape index (κ2) is 5.44. The molecule has 1 amide bonds. The van der Waals surface area contributed by atoms with Crippen molar-refractivity contribution in [2.75, 3.05) is 19.3 Å². The van der Waals surface area contributed by atoms with Gasteiger partial charge in [-0.05, 0) is 11.6 Å². The van der Waals surface area contributed by atoms with Gasteiger partial charge < -0.3 is 10.0 Å². The van der Waals surface area contributed by atoms with E-state index in [-0.39, 0.29) is 24.8 Å². The van der Waals surface area contributed by atoms with Gasteiger partial charge >= 0.3 is 5.97 Å². The van der Waals surface area contributed by atoms with Gasteiger partial charge in [0.05, 0.1) is 12.3 Å². The van der Waals surface area contributed by atoms with Crippen LogP contribution in [0, 0.1) is 0 Å². The average molecular weight is 265 g/mol. The number of carboxylic acids is 1. The van der Waals surface area contributed by atoms with Crippen molar-refractivity contribution >= 4 is 23.6 Å². The maximum absolute atomic E-state index is 12.2. The third-order valence-electron chi connectivity index (χ3n) is 3.04. The molecule has 1 atom stereocenters. The minimum atomic E-state index is -0.879. The van der Waals surface area contributed by atoms with Crippen LogP contribution in [0.5, 0.6) is 0 Å². The van der Waals surface area contributed by atoms with Gasteiger partial charge in [0, 0.05) is 24.2 Å². The van der Waals surface area contributed by atoms with Crippen molar-refractivity contribution in [2.45, 2.75) is 17.2 Å². The van der Waals surface area contributed by atoms with Gasteiger partial charge in [-0.3, -0.25) is 9.59 Å². The van der Waals surface area contributed by atoms with Crippen LogP contribution in [0.25, 0.3) is 0 Å². The summed E-state index contributed by atoms with van der Waals surface area (Å²) >= 11 is 1.68. The number of aliphatic carboxylic acids is 1. The first-order valence-electron chi connectivity index (χ1n) is 5.78. The fourth-order valence-corrected chi connectivity index (χ4v) is 3.23. The molecule has 1 aliphatic heterocycles. The highest BCUT2D eigenvalue weighted by molar-refractivity contribution is 7.99. The van der Waals surface area contributed by atoms with Crippen LogP contribution in [0.1, 0.15) is 17.9 Å². The van der Waals surface area contributed by atoms with Gasteiger partial charge in [-0.25, -0.2) is 0 Å². The van der Waals surface area contributed by atoms with Gasteiger partial charge in [-0.15, -0.1) is 11.8 Å². The first-order chi connectivity index (χ1) is 8.59. The van der Waals surface area contributed by atoms with Crippen LogP contribution in [-0.4, -0.2) is 41.2 Å². The summed E-state index contributed by atoms with van der Waals surface area (Å²) in [6.07, 6.45) is -0.0102. The number of likely N-dealkylation sites (N-methyl/N-ethyl adjacent to an activating group) is 1. The lowest BCUT2D eigenvalue weighted by molar-refractivity contribution is -0.138. The molecule has 0 fully saturated rings. The number of benzene rings is 1. The minimum absolute atomic E-state index is 0.00806. The number of carbonyl (C=O) groups excluding carboxylic acids is 1. The lowest BCUT2D eigenvalue weighted by atomic mass is 10.00. The molecule has 0 saturated carbocycles. The minimum Gasteiger partial charge on any atom is -0.481 e. The maximum Gasteiger partial charge on any atom is 0.305 e. The molecule has 0 aliphatic carbocycles. The molecule has 1 aliphatic rings. The van der Waals surface area contributed by atoms with Gasteiger partial charge in [-0.2, -0.15) is 0 Å². The van der Waals surface area contributed by atoms with Gasteiger partial charge in [0.15, 0.2) is 0 Å². The molecule has 1 aromatic carbocycles. The van der Waals surface area contributed by atoms with E-state index in [2.05, 4.69) is 0 Å². The van der Waals surface area contributed by atoms with Crippen LogP contribution in [0.2, 0.25) is 0 Å². The molecule has 1 unspecified atom stereocenters. The Morgan fingerprint density at radius 3 is 2.89 bits per heavy atom. The summed E-state index contributed by atoms with van der Waals surface area (Å²) in [5, 5.41) is 8.63. The Labute approximate surface area is 110 Å². The van der Waals surface area contributed by atoms with Crippen molar-refractivity contribution in [1.29, 1.82) is 0 Å². The molecule has 96 valence electrons. The molecule has 0 radical (unpaired) electrons. The standard InChI is InChI=1S/C13H15NO3S/c1-14(7-6-12(15)16)13(17)10-8-18-11-5-3-2-4-9(10)11/h2-5,10H,6-8H2,1H3,(H,15,16). The first kappa shape index (κ1) is 13.0. The average Bonchev–Trinajstić information content (AvgIpc) is 2.78. The van der Waals surface area contributed by atoms with Gasteiger partial charge in [0.25, 0.3) is 0 Å². The van der Waals surface area contributed by atoms with Crippen molar-refractivity contribution in [3.8, 4) is 0 Å². The normalized spacial score (nSPS) is 17.3. The largest absolute Gasteiger partial charge is 0.481 e. The number of carboxylic acid groups (broad SMARTS) is 1. The Hall–Kier alpha value is -1.49. The molecule has 0 aromatic heterocycles. The SMILES string of the molecule is CN(CCC(=O)O)C(=O)C1CSc2ccccc21. The molecule has 1 N–H and O–H groups in total. The summed E-state index contributed by atoms with van der Waals surface area (Å²) in [4.78, 5) is 25.4. The zero-order valence-electron chi connectivity index (χ0n) is 10.1. The Morgan fingerprint density at radius 2 is 2.17 bits per heavy atom.